The van der Waals surface area contributed by atoms with Gasteiger partial charge in [-0.2, -0.15) is 0 Å². The minimum absolute atomic E-state index is 0.137. The van der Waals surface area contributed by atoms with Crippen molar-refractivity contribution in [3.8, 4) is 0 Å². The average molecular weight is 250 g/mol. The van der Waals surface area contributed by atoms with Gasteiger partial charge in [-0.1, -0.05) is 20.3 Å². The van der Waals surface area contributed by atoms with Crippen LogP contribution in [0.15, 0.2) is 18.5 Å². The minimum Gasteiger partial charge on any atom is -0.349 e. The molecule has 1 heterocycles. The molecular formula is C13H22N4O. The second kappa shape index (κ2) is 6.96. The topological polar surface area (TPSA) is 80.0 Å². The second-order valence-electron chi connectivity index (χ2n) is 4.69. The molecule has 0 aliphatic carbocycles. The van der Waals surface area contributed by atoms with E-state index < -0.39 is 0 Å². The molecule has 0 saturated heterocycles. The van der Waals surface area contributed by atoms with Crippen LogP contribution in [0.3, 0.4) is 0 Å². The number of rotatable bonds is 6. The van der Waals surface area contributed by atoms with Crippen molar-refractivity contribution < 1.29 is 4.79 Å². The van der Waals surface area contributed by atoms with E-state index in [1.807, 2.05) is 6.92 Å². The zero-order valence-electron chi connectivity index (χ0n) is 11.2. The first kappa shape index (κ1) is 14.4. The summed E-state index contributed by atoms with van der Waals surface area (Å²) in [4.78, 5) is 16.0. The normalized spacial score (nSPS) is 13.8. The number of carbonyl (C=O) groups excluding carboxylic acids is 1. The monoisotopic (exact) mass is 250 g/mol. The molecule has 0 fully saturated rings. The fourth-order valence-corrected chi connectivity index (χ4v) is 1.83. The third kappa shape index (κ3) is 4.00. The predicted octanol–water partition coefficient (Wildman–Crippen LogP) is 1.92. The zero-order chi connectivity index (χ0) is 13.5. The smallest absolute Gasteiger partial charge is 0.255 e. The summed E-state index contributed by atoms with van der Waals surface area (Å²) in [6.45, 7) is 6.34. The summed E-state index contributed by atoms with van der Waals surface area (Å²) in [5.74, 6) is 5.82. The summed E-state index contributed by atoms with van der Waals surface area (Å²) in [5, 5.41) is 2.96. The van der Waals surface area contributed by atoms with E-state index >= 15 is 0 Å². The van der Waals surface area contributed by atoms with Gasteiger partial charge in [0, 0.05) is 18.4 Å². The van der Waals surface area contributed by atoms with Gasteiger partial charge in [-0.15, -0.1) is 0 Å². The van der Waals surface area contributed by atoms with Crippen molar-refractivity contribution in [3.63, 3.8) is 0 Å². The lowest BCUT2D eigenvalue weighted by Crippen LogP contribution is -2.34. The van der Waals surface area contributed by atoms with E-state index in [1.165, 1.54) is 6.20 Å². The van der Waals surface area contributed by atoms with E-state index in [0.29, 0.717) is 17.2 Å². The Kier molecular flexibility index (Phi) is 5.58. The summed E-state index contributed by atoms with van der Waals surface area (Å²) < 4.78 is 0. The molecule has 0 bridgehead atoms. The van der Waals surface area contributed by atoms with Crippen LogP contribution in [0.2, 0.25) is 0 Å². The van der Waals surface area contributed by atoms with Crippen LogP contribution < -0.4 is 16.6 Å². The lowest BCUT2D eigenvalue weighted by Gasteiger charge is -2.18. The van der Waals surface area contributed by atoms with Crippen molar-refractivity contribution in [2.24, 2.45) is 11.8 Å². The van der Waals surface area contributed by atoms with E-state index in [2.05, 4.69) is 29.6 Å². The van der Waals surface area contributed by atoms with Crippen molar-refractivity contribution in [1.29, 1.82) is 0 Å². The number of hydrogen-bond donors (Lipinski definition) is 3. The van der Waals surface area contributed by atoms with Gasteiger partial charge in [-0.25, -0.2) is 0 Å². The molecule has 1 aromatic rings. The fraction of sp³-hybridized carbons (Fsp3) is 0.538. The molecule has 1 rings (SSSR count). The van der Waals surface area contributed by atoms with Crippen molar-refractivity contribution in [2.45, 2.75) is 39.7 Å². The highest BCUT2D eigenvalue weighted by atomic mass is 16.1. The Morgan fingerprint density at radius 3 is 2.83 bits per heavy atom. The van der Waals surface area contributed by atoms with E-state index in [1.54, 1.807) is 12.3 Å². The maximum absolute atomic E-state index is 12.1. The maximum Gasteiger partial charge on any atom is 0.255 e. The van der Waals surface area contributed by atoms with Gasteiger partial charge >= 0.3 is 0 Å². The Balaban J connectivity index is 2.64. The molecule has 0 aliphatic heterocycles. The number of pyridine rings is 1. The number of nitrogen functional groups attached to an aromatic ring is 1. The summed E-state index contributed by atoms with van der Waals surface area (Å²) in [5.41, 5.74) is 3.55. The number of hydrazine groups is 1. The Morgan fingerprint density at radius 1 is 1.50 bits per heavy atom. The fourth-order valence-electron chi connectivity index (χ4n) is 1.83. The van der Waals surface area contributed by atoms with Crippen LogP contribution in [0.1, 0.15) is 44.0 Å². The van der Waals surface area contributed by atoms with Crippen LogP contribution in [0, 0.1) is 5.92 Å². The summed E-state index contributed by atoms with van der Waals surface area (Å²) in [6, 6.07) is 1.81. The largest absolute Gasteiger partial charge is 0.349 e. The Hall–Kier alpha value is -1.62. The molecule has 1 amide bonds. The second-order valence-corrected chi connectivity index (χ2v) is 4.69. The van der Waals surface area contributed by atoms with Crippen LogP contribution in [0.5, 0.6) is 0 Å². The van der Waals surface area contributed by atoms with E-state index in [-0.39, 0.29) is 11.9 Å². The molecule has 5 heteroatoms. The van der Waals surface area contributed by atoms with Crippen molar-refractivity contribution in [3.05, 3.63) is 24.0 Å². The van der Waals surface area contributed by atoms with Crippen molar-refractivity contribution in [2.75, 3.05) is 5.43 Å². The molecular weight excluding hydrogens is 228 g/mol. The molecule has 0 saturated carbocycles. The molecule has 100 valence electrons. The van der Waals surface area contributed by atoms with Gasteiger partial charge in [0.25, 0.3) is 5.91 Å². The highest BCUT2D eigenvalue weighted by Crippen LogP contribution is 2.13. The quantitative estimate of drug-likeness (QED) is 0.532. The van der Waals surface area contributed by atoms with Crippen LogP contribution in [0.4, 0.5) is 5.69 Å². The molecule has 2 atom stereocenters. The number of carbonyl (C=O) groups is 1. The number of hydrogen-bond acceptors (Lipinski definition) is 4. The first-order valence-corrected chi connectivity index (χ1v) is 6.30. The number of aromatic nitrogens is 1. The SMILES string of the molecule is CCC(C)CC(C)NC(=O)c1cnccc1NN. The summed E-state index contributed by atoms with van der Waals surface area (Å²) in [6.07, 6.45) is 5.19. The lowest BCUT2D eigenvalue weighted by molar-refractivity contribution is 0.0936. The highest BCUT2D eigenvalue weighted by Gasteiger charge is 2.14. The van der Waals surface area contributed by atoms with Gasteiger partial charge < -0.3 is 10.7 Å². The van der Waals surface area contributed by atoms with E-state index in [4.69, 9.17) is 5.84 Å². The molecule has 0 spiro atoms. The Morgan fingerprint density at radius 2 is 2.22 bits per heavy atom. The third-order valence-electron chi connectivity index (χ3n) is 3.05. The van der Waals surface area contributed by atoms with Crippen molar-refractivity contribution in [1.82, 2.24) is 10.3 Å². The molecule has 2 unspecified atom stereocenters. The Bertz CT molecular complexity index is 394. The standard InChI is InChI=1S/C13H22N4O/c1-4-9(2)7-10(3)16-13(18)11-8-15-6-5-12(11)17-14/h5-6,8-10H,4,7,14H2,1-3H3,(H,15,17)(H,16,18). The number of nitrogens with one attached hydrogen (secondary N) is 2. The molecule has 5 nitrogen and oxygen atoms in total. The first-order valence-electron chi connectivity index (χ1n) is 6.30. The van der Waals surface area contributed by atoms with Gasteiger partial charge in [0.15, 0.2) is 0 Å². The summed E-state index contributed by atoms with van der Waals surface area (Å²) in [7, 11) is 0. The van der Waals surface area contributed by atoms with Crippen LogP contribution >= 0.6 is 0 Å². The van der Waals surface area contributed by atoms with Crippen LogP contribution in [0.25, 0.3) is 0 Å². The number of anilines is 1. The lowest BCUT2D eigenvalue weighted by atomic mass is 10.0. The van der Waals surface area contributed by atoms with Gasteiger partial charge in [-0.3, -0.25) is 15.6 Å². The van der Waals surface area contributed by atoms with Crippen LogP contribution in [-0.2, 0) is 0 Å². The molecule has 18 heavy (non-hydrogen) atoms. The van der Waals surface area contributed by atoms with Gasteiger partial charge in [0.2, 0.25) is 0 Å². The molecule has 0 radical (unpaired) electrons. The zero-order valence-corrected chi connectivity index (χ0v) is 11.2. The number of nitrogens with two attached hydrogens (primary N) is 1. The maximum atomic E-state index is 12.1. The first-order chi connectivity index (χ1) is 8.58. The third-order valence-corrected chi connectivity index (χ3v) is 3.05. The van der Waals surface area contributed by atoms with Crippen LogP contribution in [-0.4, -0.2) is 16.9 Å². The van der Waals surface area contributed by atoms with E-state index in [0.717, 1.165) is 12.8 Å². The molecule has 0 aliphatic rings. The van der Waals surface area contributed by atoms with Gasteiger partial charge in [0.05, 0.1) is 11.3 Å². The number of nitrogens with zero attached hydrogens (tertiary/aromatic N) is 1. The highest BCUT2D eigenvalue weighted by molar-refractivity contribution is 5.99. The average Bonchev–Trinajstić information content (AvgIpc) is 2.38. The molecule has 0 aromatic carbocycles. The van der Waals surface area contributed by atoms with E-state index in [9.17, 15) is 4.79 Å². The summed E-state index contributed by atoms with van der Waals surface area (Å²) >= 11 is 0. The van der Waals surface area contributed by atoms with Gasteiger partial charge in [0.1, 0.15) is 0 Å². The van der Waals surface area contributed by atoms with Gasteiger partial charge in [-0.05, 0) is 25.3 Å². The minimum atomic E-state index is -0.146. The Labute approximate surface area is 108 Å². The predicted molar refractivity (Wildman–Crippen MR) is 73.0 cm³/mol. The van der Waals surface area contributed by atoms with Crippen molar-refractivity contribution >= 4 is 11.6 Å². The number of amides is 1. The molecule has 1 aromatic heterocycles. The molecule has 4 N–H and O–H groups in total.